The molecule has 0 radical (unpaired) electrons. The van der Waals surface area contributed by atoms with Gasteiger partial charge in [-0.2, -0.15) is 26.3 Å². The Kier molecular flexibility index (Phi) is 10.4. The Morgan fingerprint density at radius 2 is 1.71 bits per heavy atom. The largest absolute Gasteiger partial charge is 0.416 e. The first-order chi connectivity index (χ1) is 21.1. The summed E-state index contributed by atoms with van der Waals surface area (Å²) in [7, 11) is -3.43. The number of amides is 1. The number of aliphatic hydroxyl groups is 1. The van der Waals surface area contributed by atoms with Gasteiger partial charge in [-0.05, 0) is 53.9 Å². The Bertz CT molecular complexity index is 1550. The average molecular weight is 660 g/mol. The zero-order valence-electron chi connectivity index (χ0n) is 24.0. The van der Waals surface area contributed by atoms with Crippen molar-refractivity contribution in [1.82, 2.24) is 10.3 Å². The molecule has 2 heterocycles. The summed E-state index contributed by atoms with van der Waals surface area (Å²) in [5.41, 5.74) is 0.355. The van der Waals surface area contributed by atoms with Crippen LogP contribution in [0, 0.1) is 0 Å². The van der Waals surface area contributed by atoms with Gasteiger partial charge < -0.3 is 20.1 Å². The van der Waals surface area contributed by atoms with Crippen molar-refractivity contribution in [2.75, 3.05) is 37.0 Å². The van der Waals surface area contributed by atoms with E-state index < -0.39 is 59.0 Å². The predicted molar refractivity (Wildman–Crippen MR) is 153 cm³/mol. The van der Waals surface area contributed by atoms with Gasteiger partial charge in [0.2, 0.25) is 0 Å². The van der Waals surface area contributed by atoms with E-state index in [9.17, 15) is 44.7 Å². The first-order valence-corrected chi connectivity index (χ1v) is 15.5. The van der Waals surface area contributed by atoms with Crippen LogP contribution in [0.2, 0.25) is 0 Å². The minimum absolute atomic E-state index is 0.0794. The van der Waals surface area contributed by atoms with Crippen molar-refractivity contribution in [3.8, 4) is 0 Å². The molecule has 1 amide bonds. The van der Waals surface area contributed by atoms with E-state index in [1.165, 1.54) is 61.7 Å². The predicted octanol–water partition coefficient (Wildman–Crippen LogP) is 5.30. The number of hydrogen-bond acceptors (Lipinski definition) is 7. The number of rotatable bonds is 11. The lowest BCUT2D eigenvalue weighted by molar-refractivity contribution is -0.174. The lowest BCUT2D eigenvalue weighted by Crippen LogP contribution is -2.35. The molecule has 4 rings (SSSR count). The van der Waals surface area contributed by atoms with Crippen LogP contribution in [0.25, 0.3) is 0 Å². The Balaban J connectivity index is 1.48. The molecule has 0 saturated carbocycles. The molecule has 1 unspecified atom stereocenters. The lowest BCUT2D eigenvalue weighted by atomic mass is 9.95. The number of aliphatic hydroxyl groups excluding tert-OH is 1. The van der Waals surface area contributed by atoms with Gasteiger partial charge in [0.05, 0.1) is 47.1 Å². The fourth-order valence-electron chi connectivity index (χ4n) is 5.09. The fourth-order valence-corrected chi connectivity index (χ4v) is 5.98. The number of carbonyl (C=O) groups excluding carboxylic acids is 1. The fraction of sp³-hybridized carbons (Fsp3) is 0.400. The van der Waals surface area contributed by atoms with Crippen molar-refractivity contribution < 1.29 is 49.4 Å². The number of nitrogens with zero attached hydrogens (tertiary/aromatic N) is 2. The first-order valence-electron chi connectivity index (χ1n) is 13.9. The molecule has 3 aromatic rings. The molecule has 1 fully saturated rings. The third-order valence-electron chi connectivity index (χ3n) is 7.51. The highest BCUT2D eigenvalue weighted by atomic mass is 32.2. The Hall–Kier alpha value is -3.69. The van der Waals surface area contributed by atoms with E-state index >= 15 is 0 Å². The van der Waals surface area contributed by atoms with Crippen molar-refractivity contribution in [3.63, 3.8) is 0 Å². The molecule has 1 aliphatic rings. The second-order valence-electron chi connectivity index (χ2n) is 10.6. The van der Waals surface area contributed by atoms with E-state index in [0.717, 1.165) is 12.1 Å². The Morgan fingerprint density at radius 3 is 2.24 bits per heavy atom. The zero-order chi connectivity index (χ0) is 33.0. The number of ether oxygens (including phenoxy) is 1. The summed E-state index contributed by atoms with van der Waals surface area (Å²) in [6.07, 6.45) is -7.49. The number of anilines is 1. The minimum Gasteiger partial charge on any atom is -0.394 e. The van der Waals surface area contributed by atoms with E-state index in [4.69, 9.17) is 4.74 Å². The van der Waals surface area contributed by atoms with E-state index in [0.29, 0.717) is 23.4 Å². The summed E-state index contributed by atoms with van der Waals surface area (Å²) in [5, 5.41) is 12.5. The van der Waals surface area contributed by atoms with Crippen LogP contribution in [0.4, 0.5) is 32.2 Å². The summed E-state index contributed by atoms with van der Waals surface area (Å²) < 4.78 is 106. The van der Waals surface area contributed by atoms with E-state index in [1.807, 2.05) is 0 Å². The summed E-state index contributed by atoms with van der Waals surface area (Å²) in [6, 6.07) is 11.9. The topological polar surface area (TPSA) is 109 Å². The smallest absolute Gasteiger partial charge is 0.394 e. The average Bonchev–Trinajstić information content (AvgIpc) is 3.43. The first kappa shape index (κ1) is 34.2. The van der Waals surface area contributed by atoms with Gasteiger partial charge >= 0.3 is 12.4 Å². The SMILES string of the molecule is CCS(=O)(=O)c1ccc([C@H](CO)NC(=O)c2ccc(N3CC(c4ccc(C(F)(F)F)cc4)C[C@H]3COCC(F)(F)F)nc2)cc1. The van der Waals surface area contributed by atoms with Crippen molar-refractivity contribution in [1.29, 1.82) is 0 Å². The quantitative estimate of drug-likeness (QED) is 0.269. The van der Waals surface area contributed by atoms with Gasteiger partial charge in [0, 0.05) is 18.7 Å². The van der Waals surface area contributed by atoms with Crippen LogP contribution in [0.1, 0.15) is 52.4 Å². The van der Waals surface area contributed by atoms with E-state index in [2.05, 4.69) is 10.3 Å². The molecule has 1 aromatic heterocycles. The van der Waals surface area contributed by atoms with Gasteiger partial charge in [-0.15, -0.1) is 0 Å². The number of nitrogens with one attached hydrogen (secondary N) is 1. The number of carbonyl (C=O) groups is 1. The molecule has 0 spiro atoms. The minimum atomic E-state index is -4.54. The van der Waals surface area contributed by atoms with E-state index in [-0.39, 0.29) is 35.3 Å². The molecule has 45 heavy (non-hydrogen) atoms. The van der Waals surface area contributed by atoms with Crippen LogP contribution in [-0.4, -0.2) is 68.8 Å². The molecule has 3 atom stereocenters. The molecule has 8 nitrogen and oxygen atoms in total. The standard InChI is InChI=1S/C30H31F6N3O5S/c1-2-45(42,43)25-10-5-20(6-11-25)26(16-40)38-28(41)21-7-12-27(37-14-21)39-15-22(13-24(39)17-44-18-29(31,32)33)19-3-8-23(9-4-19)30(34,35)36/h3-12,14,22,24,26,40H,2,13,15-18H2,1H3,(H,38,41)/t22?,24-,26-/m0/s1. The number of halogens is 6. The van der Waals surface area contributed by atoms with Crippen LogP contribution in [0.15, 0.2) is 71.8 Å². The number of aromatic nitrogens is 1. The summed E-state index contributed by atoms with van der Waals surface area (Å²) in [5.74, 6) is -0.662. The van der Waals surface area contributed by atoms with Crippen molar-refractivity contribution in [3.05, 3.63) is 89.1 Å². The molecule has 0 bridgehead atoms. The van der Waals surface area contributed by atoms with Crippen LogP contribution in [-0.2, 0) is 20.8 Å². The van der Waals surface area contributed by atoms with Crippen molar-refractivity contribution in [2.24, 2.45) is 0 Å². The number of alkyl halides is 6. The third-order valence-corrected chi connectivity index (χ3v) is 9.26. The van der Waals surface area contributed by atoms with Crippen LogP contribution in [0.3, 0.4) is 0 Å². The summed E-state index contributed by atoms with van der Waals surface area (Å²) in [4.78, 5) is 19.1. The highest BCUT2D eigenvalue weighted by Gasteiger charge is 2.36. The second-order valence-corrected chi connectivity index (χ2v) is 12.9. The Morgan fingerprint density at radius 1 is 1.04 bits per heavy atom. The molecule has 244 valence electrons. The molecule has 0 aliphatic carbocycles. The monoisotopic (exact) mass is 659 g/mol. The highest BCUT2D eigenvalue weighted by molar-refractivity contribution is 7.91. The maximum absolute atomic E-state index is 13.0. The highest BCUT2D eigenvalue weighted by Crippen LogP contribution is 2.37. The Labute approximate surface area is 256 Å². The van der Waals surface area contributed by atoms with Crippen LogP contribution in [0.5, 0.6) is 0 Å². The molecule has 2 aromatic carbocycles. The molecule has 1 saturated heterocycles. The summed E-state index contributed by atoms with van der Waals surface area (Å²) in [6.45, 7) is -0.492. The number of sulfone groups is 1. The third kappa shape index (κ3) is 8.73. The maximum Gasteiger partial charge on any atom is 0.416 e. The molecule has 2 N–H and O–H groups in total. The normalized spacial score (nSPS) is 18.2. The zero-order valence-corrected chi connectivity index (χ0v) is 24.8. The summed E-state index contributed by atoms with van der Waals surface area (Å²) >= 11 is 0. The molecule has 15 heteroatoms. The second kappa shape index (κ2) is 13.7. The number of benzene rings is 2. The van der Waals surface area contributed by atoms with Crippen molar-refractivity contribution >= 4 is 21.6 Å². The van der Waals surface area contributed by atoms with Gasteiger partial charge in [0.15, 0.2) is 9.84 Å². The lowest BCUT2D eigenvalue weighted by Gasteiger charge is -2.26. The number of pyridine rings is 1. The molecular formula is C30H31F6N3O5S. The van der Waals surface area contributed by atoms with Gasteiger partial charge in [-0.3, -0.25) is 4.79 Å². The van der Waals surface area contributed by atoms with Crippen LogP contribution < -0.4 is 10.2 Å². The molecule has 1 aliphatic heterocycles. The van der Waals surface area contributed by atoms with Gasteiger partial charge in [0.25, 0.3) is 5.91 Å². The van der Waals surface area contributed by atoms with Gasteiger partial charge in [-0.1, -0.05) is 31.2 Å². The van der Waals surface area contributed by atoms with Crippen LogP contribution >= 0.6 is 0 Å². The van der Waals surface area contributed by atoms with Crippen molar-refractivity contribution in [2.45, 2.75) is 48.6 Å². The maximum atomic E-state index is 13.0. The molecular weight excluding hydrogens is 628 g/mol. The van der Waals surface area contributed by atoms with Gasteiger partial charge in [-0.25, -0.2) is 13.4 Å². The van der Waals surface area contributed by atoms with Gasteiger partial charge in [0.1, 0.15) is 12.4 Å². The number of hydrogen-bond donors (Lipinski definition) is 2. The van der Waals surface area contributed by atoms with E-state index in [1.54, 1.807) is 4.90 Å².